The van der Waals surface area contributed by atoms with E-state index in [2.05, 4.69) is 16.0 Å². The lowest BCUT2D eigenvalue weighted by Gasteiger charge is -2.22. The van der Waals surface area contributed by atoms with Crippen LogP contribution in [0.25, 0.3) is 0 Å². The number of hydrogen-bond donors (Lipinski definition) is 4. The maximum Gasteiger partial charge on any atom is 0.316 e. The molecule has 0 spiro atoms. The predicted octanol–water partition coefficient (Wildman–Crippen LogP) is 2.57. The number of primary amides is 1. The highest BCUT2D eigenvalue weighted by Gasteiger charge is 2.24. The van der Waals surface area contributed by atoms with Crippen LogP contribution in [0.15, 0.2) is 54.6 Å². The van der Waals surface area contributed by atoms with Gasteiger partial charge in [-0.2, -0.15) is 0 Å². The lowest BCUT2D eigenvalue weighted by Crippen LogP contribution is -2.47. The van der Waals surface area contributed by atoms with Crippen molar-refractivity contribution in [3.05, 3.63) is 60.2 Å². The second-order valence-corrected chi connectivity index (χ2v) is 6.12. The van der Waals surface area contributed by atoms with E-state index < -0.39 is 12.1 Å². The normalized spacial score (nSPS) is 11.5. The van der Waals surface area contributed by atoms with Crippen molar-refractivity contribution in [2.45, 2.75) is 19.9 Å². The molecule has 1 unspecified atom stereocenters. The smallest absolute Gasteiger partial charge is 0.316 e. The van der Waals surface area contributed by atoms with Crippen LogP contribution in [0.3, 0.4) is 0 Å². The zero-order chi connectivity index (χ0) is 19.1. The number of amides is 4. The summed E-state index contributed by atoms with van der Waals surface area (Å²) < 4.78 is 0. The first-order valence-corrected chi connectivity index (χ1v) is 8.20. The van der Waals surface area contributed by atoms with Gasteiger partial charge in [-0.3, -0.25) is 9.59 Å². The van der Waals surface area contributed by atoms with Crippen molar-refractivity contribution in [2.24, 2.45) is 11.7 Å². The Hall–Kier alpha value is -3.35. The topological polar surface area (TPSA) is 113 Å². The fraction of sp³-hybridized carbons (Fsp3) is 0.211. The van der Waals surface area contributed by atoms with Gasteiger partial charge in [0.25, 0.3) is 5.91 Å². The minimum atomic E-state index is -0.689. The number of nitrogens with two attached hydrogens (primary N) is 1. The van der Waals surface area contributed by atoms with Crippen LogP contribution in [0.4, 0.5) is 16.2 Å². The quantitative estimate of drug-likeness (QED) is 0.639. The Labute approximate surface area is 152 Å². The van der Waals surface area contributed by atoms with Gasteiger partial charge in [-0.25, -0.2) is 4.79 Å². The third-order valence-electron chi connectivity index (χ3n) is 3.69. The van der Waals surface area contributed by atoms with Crippen molar-refractivity contribution in [2.75, 3.05) is 10.6 Å². The van der Waals surface area contributed by atoms with Gasteiger partial charge in [0.05, 0.1) is 0 Å². The van der Waals surface area contributed by atoms with Crippen LogP contribution >= 0.6 is 0 Å². The molecular weight excluding hydrogens is 332 g/mol. The number of benzene rings is 2. The van der Waals surface area contributed by atoms with E-state index in [9.17, 15) is 14.4 Å². The number of nitrogens with one attached hydrogen (secondary N) is 3. The van der Waals surface area contributed by atoms with E-state index in [0.29, 0.717) is 16.9 Å². The summed E-state index contributed by atoms with van der Waals surface area (Å²) in [6.45, 7) is 3.71. The van der Waals surface area contributed by atoms with Gasteiger partial charge >= 0.3 is 6.03 Å². The lowest BCUT2D eigenvalue weighted by molar-refractivity contribution is -0.118. The summed E-state index contributed by atoms with van der Waals surface area (Å²) >= 11 is 0. The van der Waals surface area contributed by atoms with Gasteiger partial charge < -0.3 is 21.7 Å². The Morgan fingerprint density at radius 3 is 1.88 bits per heavy atom. The van der Waals surface area contributed by atoms with Crippen molar-refractivity contribution in [1.82, 2.24) is 5.32 Å². The highest BCUT2D eigenvalue weighted by atomic mass is 16.2. The van der Waals surface area contributed by atoms with Gasteiger partial charge in [0.2, 0.25) is 5.91 Å². The number of hydrogen-bond acceptors (Lipinski definition) is 3. The summed E-state index contributed by atoms with van der Waals surface area (Å²) in [7, 11) is 0. The van der Waals surface area contributed by atoms with Crippen molar-refractivity contribution in [3.63, 3.8) is 0 Å². The summed E-state index contributed by atoms with van der Waals surface area (Å²) in [5, 5.41) is 7.97. The number of carbonyl (C=O) groups excluding carboxylic acids is 3. The zero-order valence-corrected chi connectivity index (χ0v) is 14.7. The van der Waals surface area contributed by atoms with Crippen molar-refractivity contribution >= 4 is 29.2 Å². The Morgan fingerprint density at radius 2 is 1.38 bits per heavy atom. The fourth-order valence-electron chi connectivity index (χ4n) is 2.35. The van der Waals surface area contributed by atoms with Crippen LogP contribution < -0.4 is 21.7 Å². The maximum absolute atomic E-state index is 12.6. The molecule has 0 saturated heterocycles. The molecule has 26 heavy (non-hydrogen) atoms. The fourth-order valence-corrected chi connectivity index (χ4v) is 2.35. The molecule has 0 radical (unpaired) electrons. The zero-order valence-electron chi connectivity index (χ0n) is 14.7. The first kappa shape index (κ1) is 19.0. The Balaban J connectivity index is 2.04. The monoisotopic (exact) mass is 354 g/mol. The highest BCUT2D eigenvalue weighted by molar-refractivity contribution is 6.01. The second kappa shape index (κ2) is 8.66. The summed E-state index contributed by atoms with van der Waals surface area (Å²) in [6, 6.07) is 13.9. The Morgan fingerprint density at radius 1 is 0.846 bits per heavy atom. The summed E-state index contributed by atoms with van der Waals surface area (Å²) in [5.74, 6) is -0.723. The third-order valence-corrected chi connectivity index (χ3v) is 3.69. The molecule has 0 aliphatic rings. The molecule has 0 heterocycles. The predicted molar refractivity (Wildman–Crippen MR) is 101 cm³/mol. The highest BCUT2D eigenvalue weighted by Crippen LogP contribution is 2.15. The molecule has 2 aromatic carbocycles. The molecule has 0 bridgehead atoms. The molecular formula is C19H22N4O3. The minimum absolute atomic E-state index is 0.0986. The Bertz CT molecular complexity index is 773. The molecule has 0 saturated carbocycles. The van der Waals surface area contributed by atoms with Crippen LogP contribution in [-0.2, 0) is 4.79 Å². The molecule has 1 atom stereocenters. The molecule has 136 valence electrons. The number of carbonyl (C=O) groups is 3. The summed E-state index contributed by atoms with van der Waals surface area (Å²) in [6.07, 6.45) is 0. The van der Waals surface area contributed by atoms with Crippen LogP contribution in [0.1, 0.15) is 24.2 Å². The number of urea groups is 1. The first-order valence-electron chi connectivity index (χ1n) is 8.20. The number of anilines is 2. The van der Waals surface area contributed by atoms with Gasteiger partial charge in [0.1, 0.15) is 6.04 Å². The van der Waals surface area contributed by atoms with Crippen molar-refractivity contribution in [3.8, 4) is 0 Å². The summed E-state index contributed by atoms with van der Waals surface area (Å²) in [4.78, 5) is 35.7. The molecule has 0 aliphatic heterocycles. The van der Waals surface area contributed by atoms with Gasteiger partial charge in [-0.1, -0.05) is 32.0 Å². The maximum atomic E-state index is 12.6. The third kappa shape index (κ3) is 5.34. The molecule has 7 nitrogen and oxygen atoms in total. The SMILES string of the molecule is CC(C)C(NC(=O)c1ccccc1)C(=O)Nc1ccc(NC(N)=O)cc1. The van der Waals surface area contributed by atoms with Crippen LogP contribution in [0.2, 0.25) is 0 Å². The van der Waals surface area contributed by atoms with E-state index in [1.54, 1.807) is 48.5 Å². The minimum Gasteiger partial charge on any atom is -0.351 e. The second-order valence-electron chi connectivity index (χ2n) is 6.12. The van der Waals surface area contributed by atoms with E-state index >= 15 is 0 Å². The number of rotatable bonds is 6. The lowest BCUT2D eigenvalue weighted by atomic mass is 10.0. The van der Waals surface area contributed by atoms with Crippen LogP contribution in [0.5, 0.6) is 0 Å². The molecule has 0 fully saturated rings. The van der Waals surface area contributed by atoms with E-state index in [1.165, 1.54) is 0 Å². The molecule has 7 heteroatoms. The van der Waals surface area contributed by atoms with Crippen LogP contribution in [0, 0.1) is 5.92 Å². The standard InChI is InChI=1S/C19H22N4O3/c1-12(2)16(23-17(24)13-6-4-3-5-7-13)18(25)21-14-8-10-15(11-9-14)22-19(20)26/h3-12,16H,1-2H3,(H,21,25)(H,23,24)(H3,20,22,26). The molecule has 0 aliphatic carbocycles. The Kier molecular flexibility index (Phi) is 6.32. The van der Waals surface area contributed by atoms with Crippen molar-refractivity contribution < 1.29 is 14.4 Å². The van der Waals surface area contributed by atoms with E-state index in [0.717, 1.165) is 0 Å². The van der Waals surface area contributed by atoms with E-state index in [4.69, 9.17) is 5.73 Å². The first-order chi connectivity index (χ1) is 12.4. The summed E-state index contributed by atoms with van der Waals surface area (Å²) in [5.41, 5.74) is 6.61. The average Bonchev–Trinajstić information content (AvgIpc) is 2.61. The molecule has 5 N–H and O–H groups in total. The van der Waals surface area contributed by atoms with Gasteiger partial charge in [-0.15, -0.1) is 0 Å². The van der Waals surface area contributed by atoms with Gasteiger partial charge in [0, 0.05) is 16.9 Å². The molecule has 4 amide bonds. The van der Waals surface area contributed by atoms with Crippen LogP contribution in [-0.4, -0.2) is 23.9 Å². The van der Waals surface area contributed by atoms with E-state index in [1.807, 2.05) is 19.9 Å². The molecule has 2 aromatic rings. The van der Waals surface area contributed by atoms with Gasteiger partial charge in [-0.05, 0) is 42.3 Å². The van der Waals surface area contributed by atoms with Gasteiger partial charge in [0.15, 0.2) is 0 Å². The largest absolute Gasteiger partial charge is 0.351 e. The average molecular weight is 354 g/mol. The molecule has 0 aromatic heterocycles. The molecule has 2 rings (SSSR count). The van der Waals surface area contributed by atoms with Crippen molar-refractivity contribution in [1.29, 1.82) is 0 Å². The van der Waals surface area contributed by atoms with E-state index in [-0.39, 0.29) is 17.7 Å².